The molecule has 0 unspecified atom stereocenters. The zero-order valence-electron chi connectivity index (χ0n) is 14.2. The molecule has 1 N–H and O–H groups in total. The van der Waals surface area contributed by atoms with Gasteiger partial charge in [0.25, 0.3) is 5.56 Å². The molecule has 0 radical (unpaired) electrons. The molecule has 24 heavy (non-hydrogen) atoms. The van der Waals surface area contributed by atoms with Gasteiger partial charge in [0.05, 0.1) is 7.11 Å². The van der Waals surface area contributed by atoms with Gasteiger partial charge in [0.1, 0.15) is 5.75 Å². The molecule has 1 aliphatic heterocycles. The van der Waals surface area contributed by atoms with Crippen molar-refractivity contribution >= 4 is 11.5 Å². The molecule has 0 aliphatic carbocycles. The summed E-state index contributed by atoms with van der Waals surface area (Å²) in [6.45, 7) is 5.35. The quantitative estimate of drug-likeness (QED) is 0.881. The van der Waals surface area contributed by atoms with Crippen LogP contribution in [0.5, 0.6) is 5.75 Å². The lowest BCUT2D eigenvalue weighted by Gasteiger charge is -2.19. The standard InChI is InChI=1S/C18H24N4O2/c1-3-21-10-8-19-17(18(21)23)20-12-14-7-9-22(13-14)15-5-4-6-16(11-15)24-2/h4-6,8,10-11,14H,3,7,9,12-13H2,1-2H3,(H,19,20)/t14-/m0/s1. The minimum Gasteiger partial charge on any atom is -0.497 e. The van der Waals surface area contributed by atoms with Gasteiger partial charge >= 0.3 is 0 Å². The number of hydrogen-bond acceptors (Lipinski definition) is 5. The summed E-state index contributed by atoms with van der Waals surface area (Å²) in [4.78, 5) is 18.7. The molecule has 1 atom stereocenters. The summed E-state index contributed by atoms with van der Waals surface area (Å²) in [7, 11) is 1.69. The largest absolute Gasteiger partial charge is 0.497 e. The van der Waals surface area contributed by atoms with E-state index >= 15 is 0 Å². The van der Waals surface area contributed by atoms with Crippen LogP contribution in [0.2, 0.25) is 0 Å². The van der Waals surface area contributed by atoms with Gasteiger partial charge in [-0.15, -0.1) is 0 Å². The van der Waals surface area contributed by atoms with Crippen molar-refractivity contribution in [2.45, 2.75) is 19.9 Å². The molecule has 0 bridgehead atoms. The number of aryl methyl sites for hydroxylation is 1. The molecule has 0 amide bonds. The van der Waals surface area contributed by atoms with Crippen molar-refractivity contribution in [2.75, 3.05) is 37.0 Å². The number of ether oxygens (including phenoxy) is 1. The molecular weight excluding hydrogens is 304 g/mol. The second kappa shape index (κ2) is 7.38. The molecule has 1 saturated heterocycles. The van der Waals surface area contributed by atoms with E-state index in [9.17, 15) is 4.79 Å². The van der Waals surface area contributed by atoms with Crippen LogP contribution in [-0.2, 0) is 6.54 Å². The zero-order chi connectivity index (χ0) is 16.9. The summed E-state index contributed by atoms with van der Waals surface area (Å²) < 4.78 is 6.96. The molecule has 1 aromatic heterocycles. The maximum atomic E-state index is 12.2. The molecule has 6 heteroatoms. The minimum atomic E-state index is -0.0531. The van der Waals surface area contributed by atoms with E-state index in [1.807, 2.05) is 19.1 Å². The zero-order valence-corrected chi connectivity index (χ0v) is 14.2. The Morgan fingerprint density at radius 3 is 3.08 bits per heavy atom. The Morgan fingerprint density at radius 1 is 1.42 bits per heavy atom. The number of nitrogens with one attached hydrogen (secondary N) is 1. The molecule has 1 aromatic carbocycles. The fourth-order valence-electron chi connectivity index (χ4n) is 3.10. The molecule has 1 fully saturated rings. The van der Waals surface area contributed by atoms with E-state index in [2.05, 4.69) is 27.3 Å². The van der Waals surface area contributed by atoms with Crippen molar-refractivity contribution in [1.29, 1.82) is 0 Å². The van der Waals surface area contributed by atoms with Gasteiger partial charge in [-0.2, -0.15) is 0 Å². The maximum Gasteiger partial charge on any atom is 0.293 e. The fourth-order valence-corrected chi connectivity index (χ4v) is 3.10. The predicted molar refractivity (Wildman–Crippen MR) is 96.0 cm³/mol. The topological polar surface area (TPSA) is 59.4 Å². The first-order chi connectivity index (χ1) is 11.7. The van der Waals surface area contributed by atoms with E-state index in [1.54, 1.807) is 24.1 Å². The van der Waals surface area contributed by atoms with Gasteiger partial charge in [0.15, 0.2) is 5.82 Å². The Hall–Kier alpha value is -2.50. The van der Waals surface area contributed by atoms with E-state index < -0.39 is 0 Å². The summed E-state index contributed by atoms with van der Waals surface area (Å²) in [5.41, 5.74) is 1.13. The lowest BCUT2D eigenvalue weighted by Crippen LogP contribution is -2.27. The van der Waals surface area contributed by atoms with E-state index in [1.165, 1.54) is 5.69 Å². The highest BCUT2D eigenvalue weighted by atomic mass is 16.5. The monoisotopic (exact) mass is 328 g/mol. The smallest absolute Gasteiger partial charge is 0.293 e. The summed E-state index contributed by atoms with van der Waals surface area (Å²) >= 11 is 0. The second-order valence-corrected chi connectivity index (χ2v) is 6.05. The first kappa shape index (κ1) is 16.4. The third kappa shape index (κ3) is 3.53. The van der Waals surface area contributed by atoms with Gasteiger partial charge in [0.2, 0.25) is 0 Å². The molecule has 2 aromatic rings. The van der Waals surface area contributed by atoms with Crippen LogP contribution < -0.4 is 20.5 Å². The second-order valence-electron chi connectivity index (χ2n) is 6.05. The van der Waals surface area contributed by atoms with Crippen LogP contribution in [0, 0.1) is 5.92 Å². The molecule has 0 spiro atoms. The summed E-state index contributed by atoms with van der Waals surface area (Å²) in [6, 6.07) is 8.14. The van der Waals surface area contributed by atoms with Gasteiger partial charge < -0.3 is 19.5 Å². The van der Waals surface area contributed by atoms with E-state index in [0.29, 0.717) is 18.3 Å². The maximum absolute atomic E-state index is 12.2. The Bertz CT molecular complexity index is 744. The first-order valence-electron chi connectivity index (χ1n) is 8.39. The van der Waals surface area contributed by atoms with Gasteiger partial charge in [0, 0.05) is 50.3 Å². The normalized spacial score (nSPS) is 17.1. The number of anilines is 2. The molecule has 2 heterocycles. The first-order valence-corrected chi connectivity index (χ1v) is 8.39. The van der Waals surface area contributed by atoms with Crippen molar-refractivity contribution < 1.29 is 4.74 Å². The minimum absolute atomic E-state index is 0.0531. The lowest BCUT2D eigenvalue weighted by molar-refractivity contribution is 0.415. The third-order valence-corrected chi connectivity index (χ3v) is 4.52. The van der Waals surface area contributed by atoms with Crippen LogP contribution in [0.1, 0.15) is 13.3 Å². The number of hydrogen-bond donors (Lipinski definition) is 1. The Labute approximate surface area is 142 Å². The molecule has 0 saturated carbocycles. The summed E-state index contributed by atoms with van der Waals surface area (Å²) in [5, 5.41) is 3.23. The molecule has 3 rings (SSSR count). The van der Waals surface area contributed by atoms with E-state index in [4.69, 9.17) is 4.74 Å². The van der Waals surface area contributed by atoms with Crippen LogP contribution in [0.4, 0.5) is 11.5 Å². The van der Waals surface area contributed by atoms with Crippen molar-refractivity contribution in [3.63, 3.8) is 0 Å². The third-order valence-electron chi connectivity index (χ3n) is 4.52. The SMILES string of the molecule is CCn1ccnc(NC[C@@H]2CCN(c3cccc(OC)c3)C2)c1=O. The van der Waals surface area contributed by atoms with Gasteiger partial charge in [-0.1, -0.05) is 6.07 Å². The lowest BCUT2D eigenvalue weighted by atomic mass is 10.1. The average molecular weight is 328 g/mol. The van der Waals surface area contributed by atoms with Crippen LogP contribution in [0.25, 0.3) is 0 Å². The van der Waals surface area contributed by atoms with Crippen LogP contribution >= 0.6 is 0 Å². The van der Waals surface area contributed by atoms with Crippen LogP contribution in [0.15, 0.2) is 41.5 Å². The molecule has 128 valence electrons. The van der Waals surface area contributed by atoms with Crippen LogP contribution in [0.3, 0.4) is 0 Å². The van der Waals surface area contributed by atoms with Gasteiger partial charge in [-0.25, -0.2) is 4.98 Å². The highest BCUT2D eigenvalue weighted by Crippen LogP contribution is 2.26. The molecule has 6 nitrogen and oxygen atoms in total. The van der Waals surface area contributed by atoms with Crippen LogP contribution in [-0.4, -0.2) is 36.3 Å². The van der Waals surface area contributed by atoms with E-state index in [0.717, 1.165) is 31.8 Å². The number of aromatic nitrogens is 2. The van der Waals surface area contributed by atoms with Crippen molar-refractivity contribution in [3.05, 3.63) is 47.0 Å². The molecule has 1 aliphatic rings. The Kier molecular flexibility index (Phi) is 5.03. The molecular formula is C18H24N4O2. The van der Waals surface area contributed by atoms with Crippen molar-refractivity contribution in [3.8, 4) is 5.75 Å². The predicted octanol–water partition coefficient (Wildman–Crippen LogP) is 2.21. The number of rotatable bonds is 6. The Balaban J connectivity index is 1.59. The summed E-state index contributed by atoms with van der Waals surface area (Å²) in [5.74, 6) is 1.81. The van der Waals surface area contributed by atoms with E-state index in [-0.39, 0.29) is 5.56 Å². The van der Waals surface area contributed by atoms with Gasteiger partial charge in [-0.3, -0.25) is 4.79 Å². The highest BCUT2D eigenvalue weighted by Gasteiger charge is 2.23. The summed E-state index contributed by atoms with van der Waals surface area (Å²) in [6.07, 6.45) is 4.48. The number of nitrogens with zero attached hydrogens (tertiary/aromatic N) is 3. The highest BCUT2D eigenvalue weighted by molar-refractivity contribution is 5.51. The number of methoxy groups -OCH3 is 1. The van der Waals surface area contributed by atoms with Crippen molar-refractivity contribution in [2.24, 2.45) is 5.92 Å². The van der Waals surface area contributed by atoms with Gasteiger partial charge in [-0.05, 0) is 31.4 Å². The number of benzene rings is 1. The average Bonchev–Trinajstić information content (AvgIpc) is 3.10. The fraction of sp³-hybridized carbons (Fsp3) is 0.444. The van der Waals surface area contributed by atoms with Crippen molar-refractivity contribution in [1.82, 2.24) is 9.55 Å². The Morgan fingerprint density at radius 2 is 2.29 bits per heavy atom.